The number of hydrogen-bond donors (Lipinski definition) is 5. The van der Waals surface area contributed by atoms with Crippen molar-refractivity contribution in [3.63, 3.8) is 0 Å². The lowest BCUT2D eigenvalue weighted by molar-refractivity contribution is -0.131. The van der Waals surface area contributed by atoms with E-state index in [1.165, 1.54) is 13.0 Å². The molecule has 7 nitrogen and oxygen atoms in total. The summed E-state index contributed by atoms with van der Waals surface area (Å²) in [6.07, 6.45) is -1.16. The first-order valence-electron chi connectivity index (χ1n) is 6.92. The van der Waals surface area contributed by atoms with Gasteiger partial charge in [0.25, 0.3) is 0 Å². The van der Waals surface area contributed by atoms with E-state index in [1.807, 2.05) is 0 Å². The first kappa shape index (κ1) is 18.9. The van der Waals surface area contributed by atoms with Crippen molar-refractivity contribution in [1.82, 2.24) is 10.6 Å². The molecular weight excluding hydrogens is 310 g/mol. The van der Waals surface area contributed by atoms with Gasteiger partial charge in [-0.3, -0.25) is 9.59 Å². The maximum Gasteiger partial charge on any atom is 0.245 e. The van der Waals surface area contributed by atoms with Crippen molar-refractivity contribution in [3.05, 3.63) is 35.4 Å². The molecule has 0 bridgehead atoms. The van der Waals surface area contributed by atoms with Crippen LogP contribution in [-0.2, 0) is 9.59 Å². The Hall–Kier alpha value is -2.10. The van der Waals surface area contributed by atoms with Gasteiger partial charge in [-0.05, 0) is 13.0 Å². The van der Waals surface area contributed by atoms with Gasteiger partial charge in [0.2, 0.25) is 11.8 Å². The predicted octanol–water partition coefficient (Wildman–Crippen LogP) is -1.09. The number of aliphatic hydroxyl groups excluding tert-OH is 1. The Kier molecular flexibility index (Phi) is 7.01. The number of hydrogen-bond acceptors (Lipinski definition) is 5. The monoisotopic (exact) mass is 330 g/mol. The SMILES string of the molecule is C[C@@H](O)[C@H](NC(=O)CN)C(=O)NCC(N)c1ccc(F)cc1F. The van der Waals surface area contributed by atoms with Gasteiger partial charge in [-0.1, -0.05) is 6.07 Å². The standard InChI is InChI=1S/C14H20F2N4O3/c1-7(21)13(20-12(22)5-17)14(23)19-6-11(18)9-3-2-8(15)4-10(9)16/h2-4,7,11,13,21H,5-6,17-18H2,1H3,(H,19,23)(H,20,22)/t7-,11?,13+/m1/s1. The van der Waals surface area contributed by atoms with Crippen LogP contribution in [0.2, 0.25) is 0 Å². The number of amides is 2. The molecule has 23 heavy (non-hydrogen) atoms. The van der Waals surface area contributed by atoms with Crippen LogP contribution in [0.15, 0.2) is 18.2 Å². The van der Waals surface area contributed by atoms with Crippen LogP contribution in [-0.4, -0.2) is 42.2 Å². The Labute approximate surface area is 132 Å². The molecule has 0 fully saturated rings. The minimum absolute atomic E-state index is 0.0336. The van der Waals surface area contributed by atoms with Crippen LogP contribution in [0.1, 0.15) is 18.5 Å². The van der Waals surface area contributed by atoms with Crippen molar-refractivity contribution >= 4 is 11.8 Å². The molecule has 0 spiro atoms. The molecule has 128 valence electrons. The van der Waals surface area contributed by atoms with Crippen LogP contribution >= 0.6 is 0 Å². The number of nitrogens with two attached hydrogens (primary N) is 2. The van der Waals surface area contributed by atoms with E-state index in [2.05, 4.69) is 10.6 Å². The number of rotatable bonds is 7. The number of halogens is 2. The Morgan fingerprint density at radius 3 is 2.52 bits per heavy atom. The van der Waals surface area contributed by atoms with Gasteiger partial charge >= 0.3 is 0 Å². The summed E-state index contributed by atoms with van der Waals surface area (Å²) in [5, 5.41) is 14.2. The van der Waals surface area contributed by atoms with Crippen molar-refractivity contribution in [2.75, 3.05) is 13.1 Å². The molecule has 0 radical (unpaired) electrons. The fraction of sp³-hybridized carbons (Fsp3) is 0.429. The summed E-state index contributed by atoms with van der Waals surface area (Å²) in [5.74, 6) is -2.86. The predicted molar refractivity (Wildman–Crippen MR) is 79.0 cm³/mol. The van der Waals surface area contributed by atoms with Crippen LogP contribution in [0.5, 0.6) is 0 Å². The average molecular weight is 330 g/mol. The molecule has 1 aromatic rings. The minimum Gasteiger partial charge on any atom is -0.391 e. The highest BCUT2D eigenvalue weighted by Gasteiger charge is 2.25. The van der Waals surface area contributed by atoms with Crippen LogP contribution < -0.4 is 22.1 Å². The molecule has 0 saturated heterocycles. The van der Waals surface area contributed by atoms with Gasteiger partial charge in [-0.25, -0.2) is 8.78 Å². The maximum absolute atomic E-state index is 13.6. The average Bonchev–Trinajstić information content (AvgIpc) is 2.49. The molecule has 0 aliphatic rings. The molecule has 2 amide bonds. The van der Waals surface area contributed by atoms with Crippen molar-refractivity contribution in [1.29, 1.82) is 0 Å². The second-order valence-electron chi connectivity index (χ2n) is 5.01. The Morgan fingerprint density at radius 2 is 2.00 bits per heavy atom. The van der Waals surface area contributed by atoms with E-state index in [9.17, 15) is 23.5 Å². The second-order valence-corrected chi connectivity index (χ2v) is 5.01. The number of carbonyl (C=O) groups is 2. The van der Waals surface area contributed by atoms with Gasteiger partial charge in [0, 0.05) is 18.2 Å². The molecule has 1 aromatic carbocycles. The van der Waals surface area contributed by atoms with Gasteiger partial charge in [0.15, 0.2) is 0 Å². The lowest BCUT2D eigenvalue weighted by atomic mass is 10.1. The largest absolute Gasteiger partial charge is 0.391 e. The van der Waals surface area contributed by atoms with E-state index < -0.39 is 41.6 Å². The first-order valence-corrected chi connectivity index (χ1v) is 6.92. The Morgan fingerprint density at radius 1 is 1.35 bits per heavy atom. The molecule has 1 rings (SSSR count). The smallest absolute Gasteiger partial charge is 0.245 e. The molecule has 0 heterocycles. The molecular formula is C14H20F2N4O3. The lowest BCUT2D eigenvalue weighted by Crippen LogP contribution is -2.54. The number of benzene rings is 1. The summed E-state index contributed by atoms with van der Waals surface area (Å²) in [6, 6.07) is 0.803. The van der Waals surface area contributed by atoms with E-state index in [0.29, 0.717) is 6.07 Å². The Balaban J connectivity index is 2.67. The third-order valence-corrected chi connectivity index (χ3v) is 3.12. The Bertz CT molecular complexity index is 569. The quantitative estimate of drug-likeness (QED) is 0.433. The van der Waals surface area contributed by atoms with E-state index in [1.54, 1.807) is 0 Å². The van der Waals surface area contributed by atoms with Gasteiger partial charge in [0.1, 0.15) is 17.7 Å². The zero-order valence-electron chi connectivity index (χ0n) is 12.6. The zero-order chi connectivity index (χ0) is 17.6. The van der Waals surface area contributed by atoms with Crippen molar-refractivity contribution in [2.45, 2.75) is 25.1 Å². The summed E-state index contributed by atoms with van der Waals surface area (Å²) < 4.78 is 26.4. The van der Waals surface area contributed by atoms with E-state index in [-0.39, 0.29) is 18.7 Å². The lowest BCUT2D eigenvalue weighted by Gasteiger charge is -2.22. The van der Waals surface area contributed by atoms with Gasteiger partial charge in [-0.2, -0.15) is 0 Å². The topological polar surface area (TPSA) is 130 Å². The van der Waals surface area contributed by atoms with Gasteiger partial charge < -0.3 is 27.2 Å². The molecule has 3 atom stereocenters. The normalized spacial score (nSPS) is 14.7. The van der Waals surface area contributed by atoms with E-state index >= 15 is 0 Å². The fourth-order valence-electron chi connectivity index (χ4n) is 1.87. The highest BCUT2D eigenvalue weighted by atomic mass is 19.1. The zero-order valence-corrected chi connectivity index (χ0v) is 12.6. The molecule has 0 aliphatic carbocycles. The summed E-state index contributed by atoms with van der Waals surface area (Å²) in [4.78, 5) is 23.2. The fourth-order valence-corrected chi connectivity index (χ4v) is 1.87. The van der Waals surface area contributed by atoms with Crippen LogP contribution in [0.3, 0.4) is 0 Å². The highest BCUT2D eigenvalue weighted by Crippen LogP contribution is 2.15. The van der Waals surface area contributed by atoms with E-state index in [0.717, 1.165) is 6.07 Å². The highest BCUT2D eigenvalue weighted by molar-refractivity contribution is 5.88. The number of nitrogens with one attached hydrogen (secondary N) is 2. The van der Waals surface area contributed by atoms with E-state index in [4.69, 9.17) is 11.5 Å². The molecule has 0 saturated carbocycles. The summed E-state index contributed by atoms with van der Waals surface area (Å²) >= 11 is 0. The third kappa shape index (κ3) is 5.55. The molecule has 0 aliphatic heterocycles. The summed E-state index contributed by atoms with van der Waals surface area (Å²) in [5.41, 5.74) is 10.9. The molecule has 1 unspecified atom stereocenters. The number of aliphatic hydroxyl groups is 1. The first-order chi connectivity index (χ1) is 10.8. The number of carbonyl (C=O) groups excluding carboxylic acids is 2. The minimum atomic E-state index is -1.21. The van der Waals surface area contributed by atoms with Crippen molar-refractivity contribution in [2.24, 2.45) is 11.5 Å². The molecule has 7 N–H and O–H groups in total. The van der Waals surface area contributed by atoms with Crippen LogP contribution in [0.4, 0.5) is 8.78 Å². The van der Waals surface area contributed by atoms with Crippen LogP contribution in [0, 0.1) is 11.6 Å². The summed E-state index contributed by atoms with van der Waals surface area (Å²) in [6.45, 7) is 0.820. The van der Waals surface area contributed by atoms with Gasteiger partial charge in [-0.15, -0.1) is 0 Å². The van der Waals surface area contributed by atoms with Crippen molar-refractivity contribution in [3.8, 4) is 0 Å². The van der Waals surface area contributed by atoms with Crippen molar-refractivity contribution < 1.29 is 23.5 Å². The molecule has 9 heteroatoms. The van der Waals surface area contributed by atoms with Gasteiger partial charge in [0.05, 0.1) is 18.7 Å². The molecule has 0 aromatic heterocycles. The second kappa shape index (κ2) is 8.51. The van der Waals surface area contributed by atoms with Crippen LogP contribution in [0.25, 0.3) is 0 Å². The maximum atomic E-state index is 13.6. The summed E-state index contributed by atoms with van der Waals surface area (Å²) in [7, 11) is 0. The third-order valence-electron chi connectivity index (χ3n) is 3.12.